The Morgan fingerprint density at radius 3 is 3.00 bits per heavy atom. The molecule has 0 saturated heterocycles. The van der Waals surface area contributed by atoms with Gasteiger partial charge in [-0.05, 0) is 0 Å². The lowest BCUT2D eigenvalue weighted by Crippen LogP contribution is -2.09. The van der Waals surface area contributed by atoms with Crippen LogP contribution in [-0.2, 0) is 0 Å². The van der Waals surface area contributed by atoms with Crippen LogP contribution in [0.2, 0.25) is 5.15 Å². The van der Waals surface area contributed by atoms with Crippen molar-refractivity contribution in [2.24, 2.45) is 0 Å². The molecule has 1 N–H and O–H groups in total. The van der Waals surface area contributed by atoms with E-state index in [-0.39, 0.29) is 5.15 Å². The molecule has 2 aromatic rings. The summed E-state index contributed by atoms with van der Waals surface area (Å²) in [5, 5.41) is 12.6. The predicted octanol–water partition coefficient (Wildman–Crippen LogP) is 1.62. The summed E-state index contributed by atoms with van der Waals surface area (Å²) >= 11 is 5.77. The highest BCUT2D eigenvalue weighted by Crippen LogP contribution is 2.26. The first-order valence-electron chi connectivity index (χ1n) is 3.95. The van der Waals surface area contributed by atoms with E-state index < -0.39 is 6.09 Å². The zero-order chi connectivity index (χ0) is 11.0. The molecule has 0 saturated carbocycles. The molecule has 0 radical (unpaired) electrons. The quantitative estimate of drug-likeness (QED) is 0.749. The Labute approximate surface area is 89.0 Å². The van der Waals surface area contributed by atoms with Crippen LogP contribution in [0.5, 0.6) is 5.75 Å². The third kappa shape index (κ3) is 1.48. The number of pyridine rings is 1. The van der Waals surface area contributed by atoms with E-state index in [0.29, 0.717) is 16.8 Å². The van der Waals surface area contributed by atoms with Gasteiger partial charge in [-0.2, -0.15) is 9.78 Å². The number of nitrogens with zero attached hydrogens (tertiary/aromatic N) is 3. The molecule has 7 heteroatoms. The number of rotatable bonds is 1. The second kappa shape index (κ2) is 3.39. The molecule has 2 heterocycles. The first-order chi connectivity index (χ1) is 7.13. The van der Waals surface area contributed by atoms with Gasteiger partial charge in [0, 0.05) is 6.07 Å². The van der Waals surface area contributed by atoms with Crippen molar-refractivity contribution in [1.82, 2.24) is 14.8 Å². The van der Waals surface area contributed by atoms with Crippen LogP contribution in [0.15, 0.2) is 12.3 Å². The van der Waals surface area contributed by atoms with Gasteiger partial charge in [0.2, 0.25) is 0 Å². The second-order valence-corrected chi connectivity index (χ2v) is 3.08. The van der Waals surface area contributed by atoms with Gasteiger partial charge in [0.25, 0.3) is 0 Å². The first kappa shape index (κ1) is 9.72. The number of hydrogen-bond acceptors (Lipinski definition) is 4. The molecule has 15 heavy (non-hydrogen) atoms. The Morgan fingerprint density at radius 2 is 2.40 bits per heavy atom. The molecular formula is C8H6ClN3O3. The summed E-state index contributed by atoms with van der Waals surface area (Å²) in [6.07, 6.45) is 0.144. The summed E-state index contributed by atoms with van der Waals surface area (Å²) in [6, 6.07) is 1.48. The van der Waals surface area contributed by atoms with Crippen molar-refractivity contribution in [3.8, 4) is 5.75 Å². The monoisotopic (exact) mass is 227 g/mol. The van der Waals surface area contributed by atoms with Crippen molar-refractivity contribution < 1.29 is 14.6 Å². The van der Waals surface area contributed by atoms with Gasteiger partial charge in [-0.3, -0.25) is 0 Å². The summed E-state index contributed by atoms with van der Waals surface area (Å²) in [7, 11) is 1.43. The number of aromatic nitrogens is 3. The smallest absolute Gasteiger partial charge is 0.432 e. The van der Waals surface area contributed by atoms with Gasteiger partial charge >= 0.3 is 6.09 Å². The molecule has 2 aromatic heterocycles. The van der Waals surface area contributed by atoms with Gasteiger partial charge in [0.1, 0.15) is 11.0 Å². The number of carbonyl (C=O) groups is 1. The first-order valence-corrected chi connectivity index (χ1v) is 4.33. The largest absolute Gasteiger partial charge is 0.493 e. The fraction of sp³-hybridized carbons (Fsp3) is 0.125. The minimum absolute atomic E-state index is 0.176. The predicted molar refractivity (Wildman–Crippen MR) is 52.5 cm³/mol. The fourth-order valence-electron chi connectivity index (χ4n) is 1.21. The van der Waals surface area contributed by atoms with Crippen LogP contribution in [-0.4, -0.2) is 33.1 Å². The van der Waals surface area contributed by atoms with E-state index in [9.17, 15) is 4.79 Å². The zero-order valence-corrected chi connectivity index (χ0v) is 8.39. The average molecular weight is 228 g/mol. The lowest BCUT2D eigenvalue weighted by atomic mass is 10.4. The molecule has 0 aliphatic heterocycles. The minimum atomic E-state index is -1.18. The Kier molecular flexibility index (Phi) is 2.20. The highest BCUT2D eigenvalue weighted by Gasteiger charge is 2.13. The number of carboxylic acid groups (broad SMARTS) is 1. The van der Waals surface area contributed by atoms with Crippen LogP contribution in [0.25, 0.3) is 11.0 Å². The van der Waals surface area contributed by atoms with Crippen molar-refractivity contribution in [1.29, 1.82) is 0 Å². The molecule has 0 bridgehead atoms. The normalized spacial score (nSPS) is 10.5. The minimum Gasteiger partial charge on any atom is -0.493 e. The second-order valence-electron chi connectivity index (χ2n) is 2.72. The summed E-state index contributed by atoms with van der Waals surface area (Å²) in [5.74, 6) is 0.312. The fourth-order valence-corrected chi connectivity index (χ4v) is 1.43. The van der Waals surface area contributed by atoms with Gasteiger partial charge in [0.15, 0.2) is 10.9 Å². The Morgan fingerprint density at radius 1 is 1.67 bits per heavy atom. The van der Waals surface area contributed by atoms with Crippen LogP contribution in [0.1, 0.15) is 0 Å². The Hall–Kier alpha value is -1.82. The zero-order valence-electron chi connectivity index (χ0n) is 7.64. The lowest BCUT2D eigenvalue weighted by molar-refractivity contribution is 0.194. The molecule has 0 atom stereocenters. The Balaban J connectivity index is 2.74. The van der Waals surface area contributed by atoms with Crippen LogP contribution in [0.3, 0.4) is 0 Å². The van der Waals surface area contributed by atoms with Crippen molar-refractivity contribution >= 4 is 28.7 Å². The molecule has 2 rings (SSSR count). The van der Waals surface area contributed by atoms with Crippen molar-refractivity contribution in [2.45, 2.75) is 0 Å². The van der Waals surface area contributed by atoms with E-state index in [1.54, 1.807) is 0 Å². The van der Waals surface area contributed by atoms with Gasteiger partial charge < -0.3 is 9.84 Å². The van der Waals surface area contributed by atoms with Crippen LogP contribution < -0.4 is 4.74 Å². The van der Waals surface area contributed by atoms with E-state index in [4.69, 9.17) is 21.4 Å². The number of hydrogen-bond donors (Lipinski definition) is 1. The molecule has 0 aromatic carbocycles. The number of fused-ring (bicyclic) bond motifs is 1. The van der Waals surface area contributed by atoms with Crippen LogP contribution in [0, 0.1) is 0 Å². The average Bonchev–Trinajstić information content (AvgIpc) is 2.59. The number of ether oxygens (including phenoxy) is 1. The standard InChI is InChI=1S/C8H6ClN3O3/c1-15-6-2-5-4(11-7(6)9)3-10-12(5)8(13)14/h2-3H,1H3,(H,13,14). The third-order valence-corrected chi connectivity index (χ3v) is 2.15. The van der Waals surface area contributed by atoms with E-state index in [0.717, 1.165) is 4.68 Å². The lowest BCUT2D eigenvalue weighted by Gasteiger charge is -2.02. The molecule has 78 valence electrons. The van der Waals surface area contributed by atoms with Gasteiger partial charge in [-0.1, -0.05) is 11.6 Å². The maximum Gasteiger partial charge on any atom is 0.432 e. The van der Waals surface area contributed by atoms with Crippen molar-refractivity contribution in [2.75, 3.05) is 7.11 Å². The Bertz CT molecular complexity index is 537. The third-order valence-electron chi connectivity index (χ3n) is 1.88. The van der Waals surface area contributed by atoms with E-state index >= 15 is 0 Å². The molecule has 0 fully saturated rings. The number of halogens is 1. The summed E-state index contributed by atoms with van der Waals surface area (Å²) < 4.78 is 5.74. The van der Waals surface area contributed by atoms with E-state index in [2.05, 4.69) is 10.1 Å². The highest BCUT2D eigenvalue weighted by molar-refractivity contribution is 6.31. The summed E-state index contributed by atoms with van der Waals surface area (Å²) in [6.45, 7) is 0. The van der Waals surface area contributed by atoms with Crippen molar-refractivity contribution in [3.05, 3.63) is 17.4 Å². The van der Waals surface area contributed by atoms with Crippen LogP contribution >= 0.6 is 11.6 Å². The van der Waals surface area contributed by atoms with E-state index in [1.165, 1.54) is 19.4 Å². The van der Waals surface area contributed by atoms with Gasteiger partial charge in [0.05, 0.1) is 13.3 Å². The summed E-state index contributed by atoms with van der Waals surface area (Å²) in [4.78, 5) is 14.7. The van der Waals surface area contributed by atoms with Crippen molar-refractivity contribution in [3.63, 3.8) is 0 Å². The van der Waals surface area contributed by atoms with Gasteiger partial charge in [-0.15, -0.1) is 0 Å². The summed E-state index contributed by atoms with van der Waals surface area (Å²) in [5.41, 5.74) is 0.743. The molecule has 0 aliphatic rings. The maximum absolute atomic E-state index is 10.8. The molecular weight excluding hydrogens is 222 g/mol. The number of methoxy groups -OCH3 is 1. The van der Waals surface area contributed by atoms with Gasteiger partial charge in [-0.25, -0.2) is 9.78 Å². The molecule has 0 amide bonds. The topological polar surface area (TPSA) is 77.2 Å². The SMILES string of the molecule is COc1cc2c(cnn2C(=O)O)nc1Cl. The maximum atomic E-state index is 10.8. The molecule has 0 unspecified atom stereocenters. The molecule has 6 nitrogen and oxygen atoms in total. The van der Waals surface area contributed by atoms with E-state index in [1.807, 2.05) is 0 Å². The molecule has 0 aliphatic carbocycles. The molecule has 0 spiro atoms. The van der Waals surface area contributed by atoms with Crippen LogP contribution in [0.4, 0.5) is 4.79 Å². The highest BCUT2D eigenvalue weighted by atomic mass is 35.5.